The first kappa shape index (κ1) is 19.6. The van der Waals surface area contributed by atoms with Crippen molar-refractivity contribution in [1.82, 2.24) is 10.6 Å². The van der Waals surface area contributed by atoms with E-state index in [1.165, 1.54) is 0 Å². The Bertz CT molecular complexity index is 405. The average Bonchev–Trinajstić information content (AvgIpc) is 2.39. The predicted molar refractivity (Wildman–Crippen MR) is 90.2 cm³/mol. The number of halogens is 2. The van der Waals surface area contributed by atoms with Gasteiger partial charge in [0.15, 0.2) is 0 Å². The summed E-state index contributed by atoms with van der Waals surface area (Å²) < 4.78 is 0. The van der Waals surface area contributed by atoms with Crippen molar-refractivity contribution in [1.29, 1.82) is 0 Å². The van der Waals surface area contributed by atoms with Crippen LogP contribution in [0.4, 0.5) is 0 Å². The fourth-order valence-corrected chi connectivity index (χ4v) is 2.78. The van der Waals surface area contributed by atoms with Crippen molar-refractivity contribution in [2.45, 2.75) is 31.2 Å². The van der Waals surface area contributed by atoms with Gasteiger partial charge in [-0.1, -0.05) is 30.7 Å². The number of nitrogens with one attached hydrogen (secondary N) is 2. The highest BCUT2D eigenvalue weighted by molar-refractivity contribution is 7.99. The van der Waals surface area contributed by atoms with Crippen LogP contribution in [0.2, 0.25) is 5.02 Å². The number of benzene rings is 1. The minimum Gasteiger partial charge on any atom is -0.355 e. The highest BCUT2D eigenvalue weighted by Crippen LogP contribution is 2.26. The fraction of sp³-hybridized carbons (Fsp3) is 0.500. The molecule has 1 atom stereocenters. The molecule has 0 radical (unpaired) electrons. The summed E-state index contributed by atoms with van der Waals surface area (Å²) in [4.78, 5) is 12.7. The molecule has 0 fully saturated rings. The van der Waals surface area contributed by atoms with Crippen molar-refractivity contribution >= 4 is 41.7 Å². The maximum atomic E-state index is 11.6. The van der Waals surface area contributed by atoms with E-state index in [0.29, 0.717) is 19.0 Å². The summed E-state index contributed by atoms with van der Waals surface area (Å²) >= 11 is 7.66. The van der Waals surface area contributed by atoms with Gasteiger partial charge in [-0.2, -0.15) is 0 Å². The van der Waals surface area contributed by atoms with Crippen LogP contribution in [0.3, 0.4) is 0 Å². The monoisotopic (exact) mass is 336 g/mol. The fourth-order valence-electron chi connectivity index (χ4n) is 1.59. The summed E-state index contributed by atoms with van der Waals surface area (Å²) in [6, 6.07) is 8.00. The lowest BCUT2D eigenvalue weighted by molar-refractivity contribution is -0.120. The highest BCUT2D eigenvalue weighted by atomic mass is 35.5. The number of thioether (sulfide) groups is 1. The molecule has 0 aliphatic carbocycles. The molecule has 0 saturated heterocycles. The average molecular weight is 337 g/mol. The van der Waals surface area contributed by atoms with Gasteiger partial charge in [0.2, 0.25) is 5.91 Å². The van der Waals surface area contributed by atoms with Crippen molar-refractivity contribution in [3.8, 4) is 0 Å². The number of hydrogen-bond donors (Lipinski definition) is 2. The number of carbonyl (C=O) groups is 1. The standard InChI is InChI=1S/C14H21ClN2OS.ClH/c1-3-16-11(2)10-17-14(18)8-9-19-13-7-5-4-6-12(13)15;/h4-7,11,16H,3,8-10H2,1-2H3,(H,17,18);1H/t11-;/m1./s1. The second kappa shape index (κ2) is 11.3. The molecule has 1 aromatic rings. The van der Waals surface area contributed by atoms with Gasteiger partial charge in [0, 0.05) is 29.7 Å². The van der Waals surface area contributed by atoms with E-state index in [2.05, 4.69) is 24.5 Å². The molecule has 0 spiro atoms. The molecular formula is C14H22Cl2N2OS. The lowest BCUT2D eigenvalue weighted by Gasteiger charge is -2.13. The van der Waals surface area contributed by atoms with Crippen molar-refractivity contribution in [3.05, 3.63) is 29.3 Å². The number of amides is 1. The van der Waals surface area contributed by atoms with E-state index in [-0.39, 0.29) is 18.3 Å². The van der Waals surface area contributed by atoms with Crippen LogP contribution >= 0.6 is 35.8 Å². The Morgan fingerprint density at radius 2 is 2.10 bits per heavy atom. The molecule has 0 saturated carbocycles. The van der Waals surface area contributed by atoms with E-state index in [0.717, 1.165) is 22.2 Å². The van der Waals surface area contributed by atoms with Crippen molar-refractivity contribution in [3.63, 3.8) is 0 Å². The third-order valence-corrected chi connectivity index (χ3v) is 4.10. The van der Waals surface area contributed by atoms with Crippen molar-refractivity contribution in [2.24, 2.45) is 0 Å². The van der Waals surface area contributed by atoms with Crippen LogP contribution in [0.5, 0.6) is 0 Å². The quantitative estimate of drug-likeness (QED) is 0.715. The van der Waals surface area contributed by atoms with E-state index in [9.17, 15) is 4.79 Å². The van der Waals surface area contributed by atoms with Crippen LogP contribution in [0.25, 0.3) is 0 Å². The summed E-state index contributed by atoms with van der Waals surface area (Å²) in [5, 5.41) is 6.92. The molecule has 1 amide bonds. The Hall–Kier alpha value is -0.420. The smallest absolute Gasteiger partial charge is 0.220 e. The zero-order valence-electron chi connectivity index (χ0n) is 11.8. The van der Waals surface area contributed by atoms with Crippen LogP contribution in [-0.2, 0) is 4.79 Å². The number of rotatable bonds is 8. The Morgan fingerprint density at radius 3 is 2.75 bits per heavy atom. The Balaban J connectivity index is 0.00000361. The minimum atomic E-state index is 0. The first-order valence-corrected chi connectivity index (χ1v) is 7.87. The van der Waals surface area contributed by atoms with Crippen LogP contribution in [0, 0.1) is 0 Å². The van der Waals surface area contributed by atoms with E-state index < -0.39 is 0 Å². The predicted octanol–water partition coefficient (Wildman–Crippen LogP) is 3.36. The summed E-state index contributed by atoms with van der Waals surface area (Å²) in [5.41, 5.74) is 0. The van der Waals surface area contributed by atoms with Gasteiger partial charge in [-0.15, -0.1) is 24.2 Å². The second-order valence-corrected chi connectivity index (χ2v) is 5.84. The number of hydrogen-bond acceptors (Lipinski definition) is 3. The Morgan fingerprint density at radius 1 is 1.40 bits per heavy atom. The molecule has 20 heavy (non-hydrogen) atoms. The molecule has 0 unspecified atom stereocenters. The van der Waals surface area contributed by atoms with Gasteiger partial charge in [0.1, 0.15) is 0 Å². The largest absolute Gasteiger partial charge is 0.355 e. The van der Waals surface area contributed by atoms with Crippen LogP contribution < -0.4 is 10.6 Å². The maximum Gasteiger partial charge on any atom is 0.220 e. The minimum absolute atomic E-state index is 0. The highest BCUT2D eigenvalue weighted by Gasteiger charge is 2.05. The molecular weight excluding hydrogens is 315 g/mol. The summed E-state index contributed by atoms with van der Waals surface area (Å²) in [6.45, 7) is 5.70. The lowest BCUT2D eigenvalue weighted by Crippen LogP contribution is -2.38. The Labute approximate surface area is 136 Å². The van der Waals surface area contributed by atoms with Gasteiger partial charge in [0.05, 0.1) is 5.02 Å². The van der Waals surface area contributed by atoms with E-state index in [4.69, 9.17) is 11.6 Å². The zero-order chi connectivity index (χ0) is 14.1. The second-order valence-electron chi connectivity index (χ2n) is 4.29. The van der Waals surface area contributed by atoms with Gasteiger partial charge in [-0.3, -0.25) is 4.79 Å². The maximum absolute atomic E-state index is 11.6. The number of carbonyl (C=O) groups excluding carboxylic acids is 1. The van der Waals surface area contributed by atoms with Gasteiger partial charge in [-0.05, 0) is 25.6 Å². The topological polar surface area (TPSA) is 41.1 Å². The third-order valence-electron chi connectivity index (χ3n) is 2.58. The van der Waals surface area contributed by atoms with Gasteiger partial charge in [0.25, 0.3) is 0 Å². The lowest BCUT2D eigenvalue weighted by atomic mass is 10.3. The van der Waals surface area contributed by atoms with Gasteiger partial charge >= 0.3 is 0 Å². The normalized spacial score (nSPS) is 11.6. The Kier molecular flexibility index (Phi) is 11.0. The van der Waals surface area contributed by atoms with E-state index in [1.807, 2.05) is 24.3 Å². The van der Waals surface area contributed by atoms with Gasteiger partial charge in [-0.25, -0.2) is 0 Å². The molecule has 114 valence electrons. The molecule has 0 aliphatic heterocycles. The first-order chi connectivity index (χ1) is 9.13. The van der Waals surface area contributed by atoms with Gasteiger partial charge < -0.3 is 10.6 Å². The molecule has 0 heterocycles. The summed E-state index contributed by atoms with van der Waals surface area (Å²) in [5.74, 6) is 0.829. The van der Waals surface area contributed by atoms with Crippen LogP contribution in [0.1, 0.15) is 20.3 Å². The van der Waals surface area contributed by atoms with Crippen LogP contribution in [0.15, 0.2) is 29.2 Å². The van der Waals surface area contributed by atoms with Crippen LogP contribution in [-0.4, -0.2) is 30.8 Å². The van der Waals surface area contributed by atoms with E-state index >= 15 is 0 Å². The molecule has 1 rings (SSSR count). The summed E-state index contributed by atoms with van der Waals surface area (Å²) in [6.07, 6.45) is 0.509. The number of likely N-dealkylation sites (N-methyl/N-ethyl adjacent to an activating group) is 1. The zero-order valence-corrected chi connectivity index (χ0v) is 14.2. The molecule has 2 N–H and O–H groups in total. The molecule has 0 aliphatic rings. The van der Waals surface area contributed by atoms with Crippen molar-refractivity contribution < 1.29 is 4.79 Å². The van der Waals surface area contributed by atoms with E-state index in [1.54, 1.807) is 11.8 Å². The molecule has 6 heteroatoms. The molecule has 3 nitrogen and oxygen atoms in total. The molecule has 0 bridgehead atoms. The molecule has 1 aromatic carbocycles. The molecule has 0 aromatic heterocycles. The summed E-state index contributed by atoms with van der Waals surface area (Å²) in [7, 11) is 0. The van der Waals surface area contributed by atoms with Crippen molar-refractivity contribution in [2.75, 3.05) is 18.8 Å². The SMILES string of the molecule is CCN[C@H](C)CNC(=O)CCSc1ccccc1Cl.Cl. The first-order valence-electron chi connectivity index (χ1n) is 6.51. The third kappa shape index (κ3) is 8.00.